The molecule has 1 heterocycles. The van der Waals surface area contributed by atoms with Gasteiger partial charge in [0.05, 0.1) is 32.9 Å². The third kappa shape index (κ3) is 4.82. The van der Waals surface area contributed by atoms with Crippen LogP contribution < -0.4 is 20.3 Å². The molecule has 1 atom stereocenters. The Hall–Kier alpha value is -3.88. The van der Waals surface area contributed by atoms with E-state index in [0.29, 0.717) is 11.1 Å². The molecule has 9 nitrogen and oxygen atoms in total. The molecule has 162 valence electrons. The molecule has 0 saturated carbocycles. The summed E-state index contributed by atoms with van der Waals surface area (Å²) in [6.07, 6.45) is 1.72. The Bertz CT molecular complexity index is 1140. The molecular weight excluding hydrogens is 402 g/mol. The number of ether oxygens (including phenoxy) is 3. The highest BCUT2D eigenvalue weighted by Gasteiger charge is 2.23. The van der Waals surface area contributed by atoms with Gasteiger partial charge in [0.2, 0.25) is 5.91 Å². The van der Waals surface area contributed by atoms with E-state index in [0.717, 1.165) is 10.2 Å². The highest BCUT2D eigenvalue weighted by molar-refractivity contribution is 5.90. The van der Waals surface area contributed by atoms with E-state index in [1.54, 1.807) is 12.1 Å². The standard InChI is InChI=1S/C22H23N3O6/c1-29-17-10-9-15-12-23-25(21(27)19(15)20(17)30-2)13-18(26)24-16(22(28)31-3)11-14-7-5-4-6-8-14/h4-10,12,16H,11,13H2,1-3H3,(H,24,26)/t16-/m0/s1. The smallest absolute Gasteiger partial charge is 0.328 e. The second-order valence-electron chi connectivity index (χ2n) is 6.71. The molecule has 0 saturated heterocycles. The van der Waals surface area contributed by atoms with E-state index in [4.69, 9.17) is 14.2 Å². The molecule has 3 aromatic rings. The van der Waals surface area contributed by atoms with Crippen molar-refractivity contribution < 1.29 is 23.8 Å². The zero-order chi connectivity index (χ0) is 22.4. The van der Waals surface area contributed by atoms with Crippen LogP contribution in [-0.4, -0.2) is 49.0 Å². The Morgan fingerprint density at radius 1 is 1.06 bits per heavy atom. The molecule has 0 aliphatic heterocycles. The fourth-order valence-corrected chi connectivity index (χ4v) is 3.26. The first kappa shape index (κ1) is 21.8. The van der Waals surface area contributed by atoms with Crippen molar-refractivity contribution in [2.45, 2.75) is 19.0 Å². The van der Waals surface area contributed by atoms with Crippen LogP contribution in [0.25, 0.3) is 10.8 Å². The number of nitrogens with one attached hydrogen (secondary N) is 1. The van der Waals surface area contributed by atoms with Crippen LogP contribution in [0.15, 0.2) is 53.5 Å². The van der Waals surface area contributed by atoms with Crippen LogP contribution >= 0.6 is 0 Å². The molecule has 0 aliphatic carbocycles. The molecule has 2 aromatic carbocycles. The molecule has 9 heteroatoms. The third-order valence-electron chi connectivity index (χ3n) is 4.76. The van der Waals surface area contributed by atoms with Crippen molar-refractivity contribution in [2.24, 2.45) is 0 Å². The van der Waals surface area contributed by atoms with Gasteiger partial charge in [-0.05, 0) is 17.7 Å². The van der Waals surface area contributed by atoms with Crippen molar-refractivity contribution >= 4 is 22.6 Å². The van der Waals surface area contributed by atoms with Crippen LogP contribution in [0.1, 0.15) is 5.56 Å². The maximum absolute atomic E-state index is 13.0. The molecular formula is C22H23N3O6. The van der Waals surface area contributed by atoms with Gasteiger partial charge in [-0.2, -0.15) is 5.10 Å². The summed E-state index contributed by atoms with van der Waals surface area (Å²) in [7, 11) is 4.15. The van der Waals surface area contributed by atoms with Crippen molar-refractivity contribution in [3.8, 4) is 11.5 Å². The number of hydrogen-bond acceptors (Lipinski definition) is 7. The largest absolute Gasteiger partial charge is 0.493 e. The number of nitrogens with zero attached hydrogens (tertiary/aromatic N) is 2. The highest BCUT2D eigenvalue weighted by Crippen LogP contribution is 2.32. The normalized spacial score (nSPS) is 11.6. The predicted octanol–water partition coefficient (Wildman–Crippen LogP) is 1.31. The van der Waals surface area contributed by atoms with Crippen molar-refractivity contribution in [3.63, 3.8) is 0 Å². The van der Waals surface area contributed by atoms with Crippen LogP contribution in [0.3, 0.4) is 0 Å². The lowest BCUT2D eigenvalue weighted by Crippen LogP contribution is -2.45. The average Bonchev–Trinajstić information content (AvgIpc) is 2.79. The summed E-state index contributed by atoms with van der Waals surface area (Å²) in [5, 5.41) is 7.49. The Morgan fingerprint density at radius 2 is 1.81 bits per heavy atom. The van der Waals surface area contributed by atoms with E-state index >= 15 is 0 Å². The Kier molecular flexibility index (Phi) is 6.86. The molecule has 1 amide bonds. The minimum atomic E-state index is -0.898. The number of fused-ring (bicyclic) bond motifs is 1. The summed E-state index contributed by atoms with van der Waals surface area (Å²) in [6, 6.07) is 11.7. The van der Waals surface area contributed by atoms with Crippen LogP contribution in [0.5, 0.6) is 11.5 Å². The molecule has 31 heavy (non-hydrogen) atoms. The molecule has 0 unspecified atom stereocenters. The van der Waals surface area contributed by atoms with Crippen LogP contribution in [0.4, 0.5) is 0 Å². The van der Waals surface area contributed by atoms with E-state index in [9.17, 15) is 14.4 Å². The van der Waals surface area contributed by atoms with E-state index in [-0.39, 0.29) is 24.1 Å². The average molecular weight is 425 g/mol. The van der Waals surface area contributed by atoms with Crippen LogP contribution in [0.2, 0.25) is 0 Å². The van der Waals surface area contributed by atoms with Gasteiger partial charge in [-0.15, -0.1) is 0 Å². The Morgan fingerprint density at radius 3 is 2.45 bits per heavy atom. The Balaban J connectivity index is 1.85. The molecule has 3 rings (SSSR count). The van der Waals surface area contributed by atoms with Crippen LogP contribution in [-0.2, 0) is 27.3 Å². The fraction of sp³-hybridized carbons (Fsp3) is 0.273. The maximum atomic E-state index is 13.0. The van der Waals surface area contributed by atoms with Gasteiger partial charge in [-0.25, -0.2) is 9.48 Å². The first-order chi connectivity index (χ1) is 15.0. The number of hydrogen-bond donors (Lipinski definition) is 1. The monoisotopic (exact) mass is 425 g/mol. The zero-order valence-corrected chi connectivity index (χ0v) is 17.5. The van der Waals surface area contributed by atoms with Gasteiger partial charge in [0.15, 0.2) is 11.5 Å². The first-order valence-corrected chi connectivity index (χ1v) is 9.50. The van der Waals surface area contributed by atoms with E-state index in [2.05, 4.69) is 10.4 Å². The van der Waals surface area contributed by atoms with Gasteiger partial charge in [0, 0.05) is 11.8 Å². The summed E-state index contributed by atoms with van der Waals surface area (Å²) in [4.78, 5) is 37.7. The number of methoxy groups -OCH3 is 3. The second kappa shape index (κ2) is 9.75. The molecule has 0 radical (unpaired) electrons. The van der Waals surface area contributed by atoms with Crippen molar-refractivity contribution in [1.82, 2.24) is 15.1 Å². The SMILES string of the molecule is COC(=O)[C@H](Cc1ccccc1)NC(=O)Cn1ncc2ccc(OC)c(OC)c2c1=O. The lowest BCUT2D eigenvalue weighted by Gasteiger charge is -2.17. The quantitative estimate of drug-likeness (QED) is 0.542. The number of rotatable bonds is 8. The number of esters is 1. The number of carbonyl (C=O) groups excluding carboxylic acids is 2. The van der Waals surface area contributed by atoms with Crippen LogP contribution in [0, 0.1) is 0 Å². The first-order valence-electron chi connectivity index (χ1n) is 9.50. The number of carbonyl (C=O) groups is 2. The molecule has 1 N–H and O–H groups in total. The van der Waals surface area contributed by atoms with Crippen molar-refractivity contribution in [3.05, 3.63) is 64.6 Å². The van der Waals surface area contributed by atoms with Gasteiger partial charge in [-0.3, -0.25) is 9.59 Å². The summed E-state index contributed by atoms with van der Waals surface area (Å²) in [5.74, 6) is -0.481. The summed E-state index contributed by atoms with van der Waals surface area (Å²) in [6.45, 7) is -0.378. The highest BCUT2D eigenvalue weighted by atomic mass is 16.5. The molecule has 0 bridgehead atoms. The fourth-order valence-electron chi connectivity index (χ4n) is 3.26. The van der Waals surface area contributed by atoms with E-state index in [1.807, 2.05) is 30.3 Å². The lowest BCUT2D eigenvalue weighted by atomic mass is 10.1. The van der Waals surface area contributed by atoms with Crippen molar-refractivity contribution in [1.29, 1.82) is 0 Å². The number of aromatic nitrogens is 2. The van der Waals surface area contributed by atoms with Gasteiger partial charge >= 0.3 is 5.97 Å². The van der Waals surface area contributed by atoms with E-state index in [1.165, 1.54) is 27.5 Å². The van der Waals surface area contributed by atoms with Gasteiger partial charge in [0.25, 0.3) is 5.56 Å². The van der Waals surface area contributed by atoms with Gasteiger partial charge < -0.3 is 19.5 Å². The molecule has 1 aromatic heterocycles. The summed E-state index contributed by atoms with van der Waals surface area (Å²) >= 11 is 0. The van der Waals surface area contributed by atoms with E-state index < -0.39 is 23.5 Å². The minimum Gasteiger partial charge on any atom is -0.493 e. The molecule has 0 aliphatic rings. The lowest BCUT2D eigenvalue weighted by molar-refractivity contribution is -0.145. The predicted molar refractivity (Wildman–Crippen MR) is 113 cm³/mol. The second-order valence-corrected chi connectivity index (χ2v) is 6.71. The zero-order valence-electron chi connectivity index (χ0n) is 17.5. The summed E-state index contributed by atoms with van der Waals surface area (Å²) < 4.78 is 16.4. The number of amides is 1. The molecule has 0 fully saturated rings. The van der Waals surface area contributed by atoms with Gasteiger partial charge in [0.1, 0.15) is 12.6 Å². The number of benzene rings is 2. The Labute approximate surface area is 178 Å². The topological polar surface area (TPSA) is 109 Å². The maximum Gasteiger partial charge on any atom is 0.328 e. The molecule has 0 spiro atoms. The van der Waals surface area contributed by atoms with Crippen molar-refractivity contribution in [2.75, 3.05) is 21.3 Å². The minimum absolute atomic E-state index is 0.249. The van der Waals surface area contributed by atoms with Gasteiger partial charge in [-0.1, -0.05) is 30.3 Å². The third-order valence-corrected chi connectivity index (χ3v) is 4.76. The summed E-state index contributed by atoms with van der Waals surface area (Å²) in [5.41, 5.74) is 0.345.